The summed E-state index contributed by atoms with van der Waals surface area (Å²) in [7, 11) is 1.79. The number of carbonyl (C=O) groups is 1. The minimum absolute atomic E-state index is 0. The zero-order valence-electron chi connectivity index (χ0n) is 12.0. The van der Waals surface area contributed by atoms with Crippen LogP contribution >= 0.6 is 24.0 Å². The molecule has 1 amide bonds. The molecule has 0 atom stereocenters. The molecule has 2 rings (SSSR count). The van der Waals surface area contributed by atoms with Crippen molar-refractivity contribution in [1.82, 2.24) is 15.0 Å². The molecule has 0 aliphatic carbocycles. The van der Waals surface area contributed by atoms with E-state index in [9.17, 15) is 4.79 Å². The molecule has 0 aliphatic heterocycles. The molecule has 0 saturated heterocycles. The number of amides is 1. The average Bonchev–Trinajstić information content (AvgIpc) is 2.85. The standard InChI is InChI=1S/C13H16ClN5O2.ClH/c1-19(7-11-17-13(6-15)21-18-11)8-12(20)16-10-4-2-3-9(14)5-10;/h2-5H,6-8,15H2,1H3,(H,16,20);1H. The van der Waals surface area contributed by atoms with Gasteiger partial charge in [0.2, 0.25) is 11.8 Å². The van der Waals surface area contributed by atoms with Crippen molar-refractivity contribution in [3.63, 3.8) is 0 Å². The number of anilines is 1. The summed E-state index contributed by atoms with van der Waals surface area (Å²) >= 11 is 5.86. The predicted molar refractivity (Wildman–Crippen MR) is 85.9 cm³/mol. The average molecular weight is 346 g/mol. The molecule has 0 radical (unpaired) electrons. The Labute approximate surface area is 139 Å². The molecule has 0 saturated carbocycles. The molecule has 0 fully saturated rings. The number of rotatable bonds is 6. The van der Waals surface area contributed by atoms with Gasteiger partial charge in [0, 0.05) is 10.7 Å². The lowest BCUT2D eigenvalue weighted by Crippen LogP contribution is -2.30. The molecule has 0 bridgehead atoms. The highest BCUT2D eigenvalue weighted by Crippen LogP contribution is 2.14. The van der Waals surface area contributed by atoms with Crippen LogP contribution in [0.3, 0.4) is 0 Å². The summed E-state index contributed by atoms with van der Waals surface area (Å²) < 4.78 is 4.90. The van der Waals surface area contributed by atoms with Gasteiger partial charge in [-0.25, -0.2) is 0 Å². The Hall–Kier alpha value is -1.67. The SMILES string of the molecule is CN(CC(=O)Nc1cccc(Cl)c1)Cc1noc(CN)n1.Cl. The highest BCUT2D eigenvalue weighted by molar-refractivity contribution is 6.30. The Morgan fingerprint density at radius 1 is 1.50 bits per heavy atom. The lowest BCUT2D eigenvalue weighted by molar-refractivity contribution is -0.117. The Morgan fingerprint density at radius 3 is 2.91 bits per heavy atom. The predicted octanol–water partition coefficient (Wildman–Crippen LogP) is 1.67. The first kappa shape index (κ1) is 18.4. The molecule has 120 valence electrons. The van der Waals surface area contributed by atoms with Gasteiger partial charge in [0.25, 0.3) is 0 Å². The van der Waals surface area contributed by atoms with E-state index in [2.05, 4.69) is 15.5 Å². The molecule has 22 heavy (non-hydrogen) atoms. The summed E-state index contributed by atoms with van der Waals surface area (Å²) in [5.41, 5.74) is 6.05. The zero-order valence-corrected chi connectivity index (χ0v) is 13.5. The van der Waals surface area contributed by atoms with E-state index in [1.165, 1.54) is 0 Å². The number of nitrogens with one attached hydrogen (secondary N) is 1. The largest absolute Gasteiger partial charge is 0.338 e. The van der Waals surface area contributed by atoms with Crippen molar-refractivity contribution < 1.29 is 9.32 Å². The molecule has 0 spiro atoms. The van der Waals surface area contributed by atoms with Gasteiger partial charge in [-0.3, -0.25) is 9.69 Å². The van der Waals surface area contributed by atoms with Crippen LogP contribution in [0.15, 0.2) is 28.8 Å². The number of nitrogens with two attached hydrogens (primary N) is 1. The van der Waals surface area contributed by atoms with Gasteiger partial charge in [0.05, 0.1) is 19.6 Å². The fourth-order valence-electron chi connectivity index (χ4n) is 1.75. The van der Waals surface area contributed by atoms with E-state index < -0.39 is 0 Å². The van der Waals surface area contributed by atoms with Crippen molar-refractivity contribution >= 4 is 35.6 Å². The van der Waals surface area contributed by atoms with Crippen LogP contribution in [0.2, 0.25) is 5.02 Å². The second-order valence-electron chi connectivity index (χ2n) is 4.54. The van der Waals surface area contributed by atoms with Crippen molar-refractivity contribution in [2.45, 2.75) is 13.1 Å². The Balaban J connectivity index is 0.00000242. The van der Waals surface area contributed by atoms with E-state index >= 15 is 0 Å². The van der Waals surface area contributed by atoms with Crippen molar-refractivity contribution in [1.29, 1.82) is 0 Å². The van der Waals surface area contributed by atoms with Crippen molar-refractivity contribution in [3.8, 4) is 0 Å². The molecule has 3 N–H and O–H groups in total. The molecule has 9 heteroatoms. The lowest BCUT2D eigenvalue weighted by atomic mass is 10.3. The number of hydrogen-bond donors (Lipinski definition) is 2. The van der Waals surface area contributed by atoms with Crippen LogP contribution < -0.4 is 11.1 Å². The minimum Gasteiger partial charge on any atom is -0.338 e. The molecule has 1 aromatic carbocycles. The Kier molecular flexibility index (Phi) is 7.26. The van der Waals surface area contributed by atoms with E-state index in [1.807, 2.05) is 0 Å². The van der Waals surface area contributed by atoms with E-state index in [0.717, 1.165) is 0 Å². The van der Waals surface area contributed by atoms with Crippen molar-refractivity contribution in [2.75, 3.05) is 18.9 Å². The molecular weight excluding hydrogens is 329 g/mol. The van der Waals surface area contributed by atoms with Crippen LogP contribution in [0.1, 0.15) is 11.7 Å². The third kappa shape index (κ3) is 5.61. The van der Waals surface area contributed by atoms with Gasteiger partial charge >= 0.3 is 0 Å². The third-order valence-corrected chi connectivity index (χ3v) is 2.85. The number of halogens is 2. The zero-order chi connectivity index (χ0) is 15.2. The second-order valence-corrected chi connectivity index (χ2v) is 4.98. The summed E-state index contributed by atoms with van der Waals surface area (Å²) in [6.07, 6.45) is 0. The highest BCUT2D eigenvalue weighted by atomic mass is 35.5. The van der Waals surface area contributed by atoms with Crippen molar-refractivity contribution in [3.05, 3.63) is 41.0 Å². The Bertz CT molecular complexity index is 620. The number of benzene rings is 1. The monoisotopic (exact) mass is 345 g/mol. The second kappa shape index (κ2) is 8.70. The normalized spacial score (nSPS) is 10.4. The maximum absolute atomic E-state index is 11.9. The molecule has 7 nitrogen and oxygen atoms in total. The van der Waals surface area contributed by atoms with E-state index in [0.29, 0.717) is 29.0 Å². The van der Waals surface area contributed by atoms with Crippen LogP contribution in [-0.2, 0) is 17.9 Å². The van der Waals surface area contributed by atoms with Crippen molar-refractivity contribution in [2.24, 2.45) is 5.73 Å². The fourth-order valence-corrected chi connectivity index (χ4v) is 1.94. The molecule has 1 aromatic heterocycles. The molecule has 0 aliphatic rings. The van der Waals surface area contributed by atoms with Gasteiger partial charge in [0.15, 0.2) is 5.82 Å². The maximum atomic E-state index is 11.9. The number of nitrogens with zero attached hydrogens (tertiary/aromatic N) is 3. The minimum atomic E-state index is -0.151. The summed E-state index contributed by atoms with van der Waals surface area (Å²) in [5.74, 6) is 0.720. The van der Waals surface area contributed by atoms with Crippen LogP contribution in [0.4, 0.5) is 5.69 Å². The fraction of sp³-hybridized carbons (Fsp3) is 0.308. The lowest BCUT2D eigenvalue weighted by Gasteiger charge is -2.14. The van der Waals surface area contributed by atoms with Gasteiger partial charge in [-0.1, -0.05) is 22.8 Å². The smallest absolute Gasteiger partial charge is 0.240 e. The number of carbonyl (C=O) groups excluding carboxylic acids is 1. The summed E-state index contributed by atoms with van der Waals surface area (Å²) in [6.45, 7) is 0.789. The van der Waals surface area contributed by atoms with Crippen LogP contribution in [0.5, 0.6) is 0 Å². The first-order chi connectivity index (χ1) is 10.1. The first-order valence-electron chi connectivity index (χ1n) is 6.32. The molecule has 0 unspecified atom stereocenters. The highest BCUT2D eigenvalue weighted by Gasteiger charge is 2.11. The van der Waals surface area contributed by atoms with E-state index in [-0.39, 0.29) is 31.4 Å². The number of hydrogen-bond acceptors (Lipinski definition) is 6. The van der Waals surface area contributed by atoms with Gasteiger partial charge < -0.3 is 15.6 Å². The third-order valence-electron chi connectivity index (χ3n) is 2.62. The van der Waals surface area contributed by atoms with Gasteiger partial charge in [-0.2, -0.15) is 4.98 Å². The van der Waals surface area contributed by atoms with E-state index in [1.54, 1.807) is 36.2 Å². The topological polar surface area (TPSA) is 97.3 Å². The summed E-state index contributed by atoms with van der Waals surface area (Å²) in [6, 6.07) is 6.98. The molecular formula is C13H17Cl2N5O2. The first-order valence-corrected chi connectivity index (χ1v) is 6.70. The number of likely N-dealkylation sites (N-methyl/N-ethyl adjacent to an activating group) is 1. The van der Waals surface area contributed by atoms with Crippen LogP contribution in [0.25, 0.3) is 0 Å². The molecule has 2 aromatic rings. The molecule has 1 heterocycles. The summed E-state index contributed by atoms with van der Waals surface area (Å²) in [4.78, 5) is 17.8. The van der Waals surface area contributed by atoms with Gasteiger partial charge in [-0.15, -0.1) is 12.4 Å². The van der Waals surface area contributed by atoms with Gasteiger partial charge in [0.1, 0.15) is 0 Å². The van der Waals surface area contributed by atoms with Gasteiger partial charge in [-0.05, 0) is 25.2 Å². The van der Waals surface area contributed by atoms with E-state index in [4.69, 9.17) is 21.9 Å². The van der Waals surface area contributed by atoms with Crippen LogP contribution in [0, 0.1) is 0 Å². The Morgan fingerprint density at radius 2 is 2.27 bits per heavy atom. The number of aromatic nitrogens is 2. The van der Waals surface area contributed by atoms with Crippen LogP contribution in [-0.4, -0.2) is 34.5 Å². The summed E-state index contributed by atoms with van der Waals surface area (Å²) in [5, 5.41) is 7.11. The maximum Gasteiger partial charge on any atom is 0.240 e. The quantitative estimate of drug-likeness (QED) is 0.826.